The lowest BCUT2D eigenvalue weighted by Crippen LogP contribution is -2.43. The van der Waals surface area contributed by atoms with Crippen molar-refractivity contribution in [3.8, 4) is 0 Å². The zero-order chi connectivity index (χ0) is 17.2. The summed E-state index contributed by atoms with van der Waals surface area (Å²) in [4.78, 5) is 18.1. The van der Waals surface area contributed by atoms with E-state index in [2.05, 4.69) is 22.5 Å². The third-order valence-corrected chi connectivity index (χ3v) is 2.89. The quantitative estimate of drug-likeness (QED) is 0.431. The van der Waals surface area contributed by atoms with Gasteiger partial charge in [0.15, 0.2) is 5.96 Å². The van der Waals surface area contributed by atoms with E-state index in [1.807, 2.05) is 34.6 Å². The number of hydrogen-bond acceptors (Lipinski definition) is 3. The predicted molar refractivity (Wildman–Crippen MR) is 92.3 cm³/mol. The van der Waals surface area contributed by atoms with Crippen LogP contribution in [0.4, 0.5) is 4.79 Å². The molecule has 6 heteroatoms. The number of hydrogen-bond donors (Lipinski definition) is 2. The number of guanidine groups is 1. The van der Waals surface area contributed by atoms with Crippen molar-refractivity contribution in [3.63, 3.8) is 0 Å². The van der Waals surface area contributed by atoms with Crippen molar-refractivity contribution in [1.29, 1.82) is 0 Å². The van der Waals surface area contributed by atoms with E-state index in [9.17, 15) is 4.79 Å². The highest BCUT2D eigenvalue weighted by molar-refractivity contribution is 5.79. The Bertz CT molecular complexity index is 349. The highest BCUT2D eigenvalue weighted by atomic mass is 16.6. The first-order chi connectivity index (χ1) is 10.2. The molecule has 0 saturated carbocycles. The lowest BCUT2D eigenvalue weighted by molar-refractivity contribution is 0.0190. The topological polar surface area (TPSA) is 66.0 Å². The number of ether oxygens (including phenoxy) is 1. The third kappa shape index (κ3) is 9.47. The van der Waals surface area contributed by atoms with Gasteiger partial charge in [0.05, 0.1) is 0 Å². The summed E-state index contributed by atoms with van der Waals surface area (Å²) in [6.07, 6.45) is 1.64. The van der Waals surface area contributed by atoms with Crippen LogP contribution in [0.5, 0.6) is 0 Å². The minimum Gasteiger partial charge on any atom is -0.444 e. The van der Waals surface area contributed by atoms with E-state index in [0.29, 0.717) is 6.54 Å². The van der Waals surface area contributed by atoms with E-state index in [1.54, 1.807) is 11.9 Å². The summed E-state index contributed by atoms with van der Waals surface area (Å²) in [6.45, 7) is 14.1. The molecule has 0 aliphatic rings. The smallest absolute Gasteiger partial charge is 0.410 e. The molecule has 22 heavy (non-hydrogen) atoms. The Kier molecular flexibility index (Phi) is 9.61. The summed E-state index contributed by atoms with van der Waals surface area (Å²) in [5.41, 5.74) is -0.464. The first-order valence-corrected chi connectivity index (χ1v) is 8.15. The second kappa shape index (κ2) is 10.3. The van der Waals surface area contributed by atoms with Gasteiger partial charge in [-0.05, 0) is 47.5 Å². The van der Waals surface area contributed by atoms with Crippen molar-refractivity contribution in [2.75, 3.05) is 26.7 Å². The van der Waals surface area contributed by atoms with Crippen molar-refractivity contribution in [1.82, 2.24) is 15.5 Å². The zero-order valence-corrected chi connectivity index (χ0v) is 15.3. The van der Waals surface area contributed by atoms with Gasteiger partial charge in [0.2, 0.25) is 0 Å². The van der Waals surface area contributed by atoms with Crippen molar-refractivity contribution >= 4 is 12.1 Å². The molecule has 130 valence electrons. The van der Waals surface area contributed by atoms with Crippen LogP contribution in [0, 0.1) is 0 Å². The molecule has 0 heterocycles. The van der Waals surface area contributed by atoms with E-state index >= 15 is 0 Å². The van der Waals surface area contributed by atoms with Gasteiger partial charge in [-0.15, -0.1) is 0 Å². The van der Waals surface area contributed by atoms with Gasteiger partial charge in [-0.2, -0.15) is 0 Å². The molecule has 0 saturated heterocycles. The second-order valence-corrected chi connectivity index (χ2v) is 6.55. The summed E-state index contributed by atoms with van der Waals surface area (Å²) in [5.74, 6) is 0.801. The molecular weight excluding hydrogens is 280 g/mol. The molecule has 0 spiro atoms. The fraction of sp³-hybridized carbons (Fsp3) is 0.875. The van der Waals surface area contributed by atoms with Crippen LogP contribution in [0.25, 0.3) is 0 Å². The number of nitrogens with one attached hydrogen (secondary N) is 2. The van der Waals surface area contributed by atoms with Gasteiger partial charge in [-0.25, -0.2) is 4.79 Å². The normalized spacial score (nSPS) is 12.3. The Morgan fingerprint density at radius 3 is 2.27 bits per heavy atom. The fourth-order valence-corrected chi connectivity index (χ4v) is 1.80. The lowest BCUT2D eigenvalue weighted by atomic mass is 10.2. The molecule has 0 fully saturated rings. The maximum atomic E-state index is 12.2. The summed E-state index contributed by atoms with van der Waals surface area (Å²) >= 11 is 0. The molecule has 0 bridgehead atoms. The van der Waals surface area contributed by atoms with E-state index in [4.69, 9.17) is 4.74 Å². The molecule has 0 aromatic heterocycles. The third-order valence-electron chi connectivity index (χ3n) is 2.89. The fourth-order valence-electron chi connectivity index (χ4n) is 1.80. The highest BCUT2D eigenvalue weighted by Gasteiger charge is 2.23. The molecule has 0 aromatic rings. The molecular formula is C16H34N4O2. The molecule has 0 aliphatic carbocycles. The van der Waals surface area contributed by atoms with Gasteiger partial charge in [0, 0.05) is 32.7 Å². The van der Waals surface area contributed by atoms with Crippen LogP contribution in [0.1, 0.15) is 54.4 Å². The van der Waals surface area contributed by atoms with Crippen molar-refractivity contribution in [2.45, 2.75) is 66.0 Å². The second-order valence-electron chi connectivity index (χ2n) is 6.55. The standard InChI is InChI=1S/C16H34N4O2/c1-8-10-18-14(17-7)19-11-9-12-20(13(2)3)15(21)22-16(4,5)6/h13H,8-12H2,1-7H3,(H2,17,18,19). The summed E-state index contributed by atoms with van der Waals surface area (Å²) in [5, 5.41) is 6.46. The Labute approximate surface area is 135 Å². The molecule has 0 rings (SSSR count). The Morgan fingerprint density at radius 2 is 1.82 bits per heavy atom. The predicted octanol–water partition coefficient (Wildman–Crippen LogP) is 2.60. The SMILES string of the molecule is CCCNC(=NC)NCCCN(C(=O)OC(C)(C)C)C(C)C. The average molecular weight is 314 g/mol. The van der Waals surface area contributed by atoms with Crippen molar-refractivity contribution in [3.05, 3.63) is 0 Å². The molecule has 0 atom stereocenters. The van der Waals surface area contributed by atoms with Crippen LogP contribution in [-0.4, -0.2) is 55.3 Å². The van der Waals surface area contributed by atoms with Crippen LogP contribution in [0.2, 0.25) is 0 Å². The number of nitrogens with zero attached hydrogens (tertiary/aromatic N) is 2. The van der Waals surface area contributed by atoms with Crippen molar-refractivity contribution in [2.24, 2.45) is 4.99 Å². The number of carbonyl (C=O) groups is 1. The summed E-state index contributed by atoms with van der Waals surface area (Å²) in [7, 11) is 1.76. The summed E-state index contributed by atoms with van der Waals surface area (Å²) < 4.78 is 5.44. The van der Waals surface area contributed by atoms with E-state index < -0.39 is 5.60 Å². The number of rotatable bonds is 7. The maximum Gasteiger partial charge on any atom is 0.410 e. The number of aliphatic imine (C=N–C) groups is 1. The summed E-state index contributed by atoms with van der Waals surface area (Å²) in [6, 6.07) is 0.118. The minimum absolute atomic E-state index is 0.118. The molecule has 0 unspecified atom stereocenters. The Balaban J connectivity index is 4.24. The monoisotopic (exact) mass is 314 g/mol. The van der Waals surface area contributed by atoms with Crippen molar-refractivity contribution < 1.29 is 9.53 Å². The van der Waals surface area contributed by atoms with Crippen LogP contribution in [0.3, 0.4) is 0 Å². The van der Waals surface area contributed by atoms with Crippen LogP contribution in [-0.2, 0) is 4.74 Å². The van der Waals surface area contributed by atoms with Gasteiger partial charge in [0.1, 0.15) is 5.60 Å². The molecule has 6 nitrogen and oxygen atoms in total. The first-order valence-electron chi connectivity index (χ1n) is 8.15. The average Bonchev–Trinajstić information content (AvgIpc) is 2.39. The zero-order valence-electron chi connectivity index (χ0n) is 15.3. The molecule has 0 radical (unpaired) electrons. The largest absolute Gasteiger partial charge is 0.444 e. The Morgan fingerprint density at radius 1 is 1.23 bits per heavy atom. The minimum atomic E-state index is -0.464. The van der Waals surface area contributed by atoms with Gasteiger partial charge in [0.25, 0.3) is 0 Å². The molecule has 0 aliphatic heterocycles. The van der Waals surface area contributed by atoms with Gasteiger partial charge < -0.3 is 20.3 Å². The van der Waals surface area contributed by atoms with Gasteiger partial charge in [-0.3, -0.25) is 4.99 Å². The molecule has 1 amide bonds. The van der Waals surface area contributed by atoms with E-state index in [0.717, 1.165) is 31.9 Å². The number of carbonyl (C=O) groups excluding carboxylic acids is 1. The van der Waals surface area contributed by atoms with Gasteiger partial charge >= 0.3 is 6.09 Å². The van der Waals surface area contributed by atoms with Crippen LogP contribution < -0.4 is 10.6 Å². The van der Waals surface area contributed by atoms with Crippen LogP contribution in [0.15, 0.2) is 4.99 Å². The number of amides is 1. The van der Waals surface area contributed by atoms with E-state index in [-0.39, 0.29) is 12.1 Å². The van der Waals surface area contributed by atoms with E-state index in [1.165, 1.54) is 0 Å². The van der Waals surface area contributed by atoms with Gasteiger partial charge in [-0.1, -0.05) is 6.92 Å². The Hall–Kier alpha value is -1.46. The maximum absolute atomic E-state index is 12.2. The lowest BCUT2D eigenvalue weighted by Gasteiger charge is -2.30. The van der Waals surface area contributed by atoms with Crippen LogP contribution >= 0.6 is 0 Å². The molecule has 2 N–H and O–H groups in total. The highest BCUT2D eigenvalue weighted by Crippen LogP contribution is 2.12. The molecule has 0 aromatic carbocycles. The first kappa shape index (κ1) is 20.5.